The van der Waals surface area contributed by atoms with Crippen LogP contribution in [-0.4, -0.2) is 59.2 Å². The molecular formula is C23H28N6O2. The highest BCUT2D eigenvalue weighted by atomic mass is 16.5. The molecule has 5 rings (SSSR count). The molecule has 0 amide bonds. The Kier molecular flexibility index (Phi) is 5.13. The molecule has 2 aliphatic rings. The SMILES string of the molecule is COc1ccc(-c2c(C=NO)c3c(N4CCCC4)nc(N4CCCC4)nc3n2C)cc1. The van der Waals surface area contributed by atoms with Crippen molar-refractivity contribution in [2.24, 2.45) is 12.2 Å². The Morgan fingerprint density at radius 3 is 2.23 bits per heavy atom. The van der Waals surface area contributed by atoms with Crippen LogP contribution in [0.1, 0.15) is 31.2 Å². The summed E-state index contributed by atoms with van der Waals surface area (Å²) in [6.07, 6.45) is 6.18. The predicted molar refractivity (Wildman–Crippen MR) is 123 cm³/mol. The van der Waals surface area contributed by atoms with Gasteiger partial charge in [-0.3, -0.25) is 0 Å². The Labute approximate surface area is 181 Å². The maximum atomic E-state index is 9.50. The van der Waals surface area contributed by atoms with Crippen LogP contribution < -0.4 is 14.5 Å². The van der Waals surface area contributed by atoms with Crippen molar-refractivity contribution in [3.05, 3.63) is 29.8 Å². The van der Waals surface area contributed by atoms with Crippen molar-refractivity contribution in [3.63, 3.8) is 0 Å². The van der Waals surface area contributed by atoms with E-state index >= 15 is 0 Å². The van der Waals surface area contributed by atoms with Crippen LogP contribution in [-0.2, 0) is 7.05 Å². The Morgan fingerprint density at radius 2 is 1.61 bits per heavy atom. The Morgan fingerprint density at radius 1 is 0.968 bits per heavy atom. The molecule has 0 bridgehead atoms. The van der Waals surface area contributed by atoms with Gasteiger partial charge in [-0.05, 0) is 55.5 Å². The number of aromatic nitrogens is 3. The van der Waals surface area contributed by atoms with E-state index in [1.807, 2.05) is 31.3 Å². The van der Waals surface area contributed by atoms with Crippen LogP contribution in [0.25, 0.3) is 22.3 Å². The molecule has 0 unspecified atom stereocenters. The van der Waals surface area contributed by atoms with Gasteiger partial charge >= 0.3 is 0 Å². The van der Waals surface area contributed by atoms with Crippen LogP contribution in [0.15, 0.2) is 29.4 Å². The molecule has 3 aromatic rings. The lowest BCUT2D eigenvalue weighted by atomic mass is 10.1. The van der Waals surface area contributed by atoms with Gasteiger partial charge in [0.2, 0.25) is 5.95 Å². The van der Waals surface area contributed by atoms with Crippen LogP contribution >= 0.6 is 0 Å². The molecule has 0 spiro atoms. The van der Waals surface area contributed by atoms with Crippen molar-refractivity contribution in [2.75, 3.05) is 43.1 Å². The van der Waals surface area contributed by atoms with E-state index < -0.39 is 0 Å². The van der Waals surface area contributed by atoms with E-state index in [9.17, 15) is 5.21 Å². The Hall–Kier alpha value is -3.29. The average molecular weight is 421 g/mol. The maximum Gasteiger partial charge on any atom is 0.229 e. The fourth-order valence-electron chi connectivity index (χ4n) is 4.81. The summed E-state index contributed by atoms with van der Waals surface area (Å²) in [5.74, 6) is 2.53. The molecule has 8 heteroatoms. The molecule has 31 heavy (non-hydrogen) atoms. The fraction of sp³-hybridized carbons (Fsp3) is 0.435. The van der Waals surface area contributed by atoms with Gasteiger partial charge in [-0.15, -0.1) is 0 Å². The van der Waals surface area contributed by atoms with E-state index in [1.165, 1.54) is 19.1 Å². The zero-order valence-electron chi connectivity index (χ0n) is 18.1. The van der Waals surface area contributed by atoms with Crippen molar-refractivity contribution >= 4 is 29.0 Å². The van der Waals surface area contributed by atoms with E-state index in [0.717, 1.165) is 84.4 Å². The molecule has 162 valence electrons. The van der Waals surface area contributed by atoms with Crippen molar-refractivity contribution in [1.29, 1.82) is 0 Å². The number of nitrogens with zero attached hydrogens (tertiary/aromatic N) is 6. The number of oxime groups is 1. The highest BCUT2D eigenvalue weighted by molar-refractivity contribution is 6.10. The summed E-state index contributed by atoms with van der Waals surface area (Å²) in [5, 5.41) is 13.9. The largest absolute Gasteiger partial charge is 0.497 e. The fourth-order valence-corrected chi connectivity index (χ4v) is 4.81. The van der Waals surface area contributed by atoms with Crippen LogP contribution in [0.3, 0.4) is 0 Å². The topological polar surface area (TPSA) is 79.0 Å². The zero-order valence-corrected chi connectivity index (χ0v) is 18.1. The minimum absolute atomic E-state index is 0.793. The molecule has 8 nitrogen and oxygen atoms in total. The zero-order chi connectivity index (χ0) is 21.4. The van der Waals surface area contributed by atoms with Crippen LogP contribution in [0.5, 0.6) is 5.75 Å². The van der Waals surface area contributed by atoms with Crippen molar-refractivity contribution in [3.8, 4) is 17.0 Å². The predicted octanol–water partition coefficient (Wildman–Crippen LogP) is 3.65. The van der Waals surface area contributed by atoms with E-state index in [2.05, 4.69) is 19.5 Å². The normalized spacial score (nSPS) is 16.8. The molecule has 2 saturated heterocycles. The highest BCUT2D eigenvalue weighted by Crippen LogP contribution is 2.38. The van der Waals surface area contributed by atoms with Crippen LogP contribution in [0.2, 0.25) is 0 Å². The van der Waals surface area contributed by atoms with E-state index in [-0.39, 0.29) is 0 Å². The molecule has 1 N–H and O–H groups in total. The van der Waals surface area contributed by atoms with E-state index in [1.54, 1.807) is 7.11 Å². The first kappa shape index (κ1) is 19.7. The summed E-state index contributed by atoms with van der Waals surface area (Å²) in [7, 11) is 3.68. The third kappa shape index (κ3) is 3.36. The smallest absolute Gasteiger partial charge is 0.229 e. The molecule has 0 saturated carbocycles. The number of hydrogen-bond acceptors (Lipinski definition) is 7. The van der Waals surface area contributed by atoms with Gasteiger partial charge in [-0.1, -0.05) is 5.16 Å². The second-order valence-corrected chi connectivity index (χ2v) is 8.23. The van der Waals surface area contributed by atoms with Crippen molar-refractivity contribution in [2.45, 2.75) is 25.7 Å². The third-order valence-electron chi connectivity index (χ3n) is 6.38. The van der Waals surface area contributed by atoms with E-state index in [0.29, 0.717) is 0 Å². The first-order chi connectivity index (χ1) is 15.2. The lowest BCUT2D eigenvalue weighted by Crippen LogP contribution is -2.24. The molecule has 1 aromatic carbocycles. The third-order valence-corrected chi connectivity index (χ3v) is 6.38. The number of rotatable bonds is 5. The molecule has 2 fully saturated rings. The van der Waals surface area contributed by atoms with Gasteiger partial charge in [-0.25, -0.2) is 0 Å². The van der Waals surface area contributed by atoms with Gasteiger partial charge in [0, 0.05) is 38.8 Å². The number of ether oxygens (including phenoxy) is 1. The van der Waals surface area contributed by atoms with E-state index in [4.69, 9.17) is 14.7 Å². The Bertz CT molecular complexity index is 1110. The molecule has 4 heterocycles. The quantitative estimate of drug-likeness (QED) is 0.386. The first-order valence-electron chi connectivity index (χ1n) is 10.9. The van der Waals surface area contributed by atoms with Gasteiger partial charge < -0.3 is 24.3 Å². The standard InChI is InChI=1S/C23H28N6O2/c1-27-20(16-7-9-17(31-2)10-8-16)18(15-24-30)19-21(27)25-23(29-13-5-6-14-29)26-22(19)28-11-3-4-12-28/h7-10,15,30H,3-6,11-14H2,1-2H3. The first-order valence-corrected chi connectivity index (χ1v) is 10.9. The van der Waals surface area contributed by atoms with Gasteiger partial charge in [0.1, 0.15) is 17.2 Å². The number of aryl methyl sites for hydroxylation is 1. The minimum atomic E-state index is 0.793. The van der Waals surface area contributed by atoms with Crippen molar-refractivity contribution < 1.29 is 9.94 Å². The van der Waals surface area contributed by atoms with Crippen LogP contribution in [0.4, 0.5) is 11.8 Å². The summed E-state index contributed by atoms with van der Waals surface area (Å²) in [6, 6.07) is 7.92. The number of benzene rings is 1. The highest BCUT2D eigenvalue weighted by Gasteiger charge is 2.27. The molecule has 2 aromatic heterocycles. The monoisotopic (exact) mass is 420 g/mol. The number of anilines is 2. The maximum absolute atomic E-state index is 9.50. The molecule has 2 aliphatic heterocycles. The minimum Gasteiger partial charge on any atom is -0.497 e. The molecule has 0 radical (unpaired) electrons. The van der Waals surface area contributed by atoms with Crippen LogP contribution in [0, 0.1) is 0 Å². The molecule has 0 aliphatic carbocycles. The average Bonchev–Trinajstić information content (AvgIpc) is 3.56. The summed E-state index contributed by atoms with van der Waals surface area (Å²) < 4.78 is 7.42. The summed E-state index contributed by atoms with van der Waals surface area (Å²) in [5.41, 5.74) is 3.65. The number of methoxy groups -OCH3 is 1. The molecule has 0 atom stereocenters. The summed E-state index contributed by atoms with van der Waals surface area (Å²) in [6.45, 7) is 3.94. The second kappa shape index (κ2) is 8.09. The Balaban J connectivity index is 1.78. The number of fused-ring (bicyclic) bond motifs is 1. The molecular weight excluding hydrogens is 392 g/mol. The van der Waals surface area contributed by atoms with Gasteiger partial charge in [0.25, 0.3) is 0 Å². The number of hydrogen-bond donors (Lipinski definition) is 1. The summed E-state index contributed by atoms with van der Waals surface area (Å²) in [4.78, 5) is 14.7. The lowest BCUT2D eigenvalue weighted by Gasteiger charge is -2.22. The lowest BCUT2D eigenvalue weighted by molar-refractivity contribution is 0.322. The second-order valence-electron chi connectivity index (χ2n) is 8.23. The van der Waals surface area contributed by atoms with Gasteiger partial charge in [0.05, 0.1) is 24.4 Å². The van der Waals surface area contributed by atoms with Gasteiger partial charge in [-0.2, -0.15) is 9.97 Å². The summed E-state index contributed by atoms with van der Waals surface area (Å²) >= 11 is 0. The van der Waals surface area contributed by atoms with Crippen molar-refractivity contribution in [1.82, 2.24) is 14.5 Å². The van der Waals surface area contributed by atoms with Gasteiger partial charge in [0.15, 0.2) is 0 Å².